The van der Waals surface area contributed by atoms with Crippen LogP contribution in [-0.4, -0.2) is 15.2 Å². The van der Waals surface area contributed by atoms with Crippen molar-refractivity contribution in [3.63, 3.8) is 0 Å². The number of H-pyrrole nitrogens is 1. The van der Waals surface area contributed by atoms with Crippen molar-refractivity contribution in [3.05, 3.63) is 23.8 Å². The van der Waals surface area contributed by atoms with E-state index in [4.69, 9.17) is 5.73 Å². The van der Waals surface area contributed by atoms with Gasteiger partial charge in [0.05, 0.1) is 6.04 Å². The van der Waals surface area contributed by atoms with Crippen LogP contribution in [0.25, 0.3) is 0 Å². The SMILES string of the molecule is NC(C1=CCCCC1)c1ncn[nH]1. The van der Waals surface area contributed by atoms with Gasteiger partial charge >= 0.3 is 0 Å². The highest BCUT2D eigenvalue weighted by Gasteiger charge is 2.15. The highest BCUT2D eigenvalue weighted by atomic mass is 15.2. The largest absolute Gasteiger partial charge is 0.318 e. The van der Waals surface area contributed by atoms with E-state index in [9.17, 15) is 0 Å². The molecule has 0 spiro atoms. The molecule has 0 saturated carbocycles. The summed E-state index contributed by atoms with van der Waals surface area (Å²) in [4.78, 5) is 4.06. The molecular weight excluding hydrogens is 164 g/mol. The molecule has 0 saturated heterocycles. The minimum Gasteiger partial charge on any atom is -0.318 e. The molecule has 0 fully saturated rings. The predicted octanol–water partition coefficient (Wildman–Crippen LogP) is 1.30. The molecule has 2 rings (SSSR count). The number of aromatic amines is 1. The number of nitrogens with one attached hydrogen (secondary N) is 1. The van der Waals surface area contributed by atoms with Gasteiger partial charge in [-0.15, -0.1) is 0 Å². The quantitative estimate of drug-likeness (QED) is 0.671. The lowest BCUT2D eigenvalue weighted by Crippen LogP contribution is -2.16. The predicted molar refractivity (Wildman–Crippen MR) is 49.9 cm³/mol. The van der Waals surface area contributed by atoms with Crippen LogP contribution in [0.15, 0.2) is 18.0 Å². The lowest BCUT2D eigenvalue weighted by Gasteiger charge is -2.17. The zero-order valence-corrected chi connectivity index (χ0v) is 7.53. The van der Waals surface area contributed by atoms with Crippen molar-refractivity contribution < 1.29 is 0 Å². The van der Waals surface area contributed by atoms with Crippen LogP contribution in [0.5, 0.6) is 0 Å². The summed E-state index contributed by atoms with van der Waals surface area (Å²) in [6, 6.07) is -0.0807. The van der Waals surface area contributed by atoms with Gasteiger partial charge in [-0.25, -0.2) is 4.98 Å². The zero-order valence-electron chi connectivity index (χ0n) is 7.53. The van der Waals surface area contributed by atoms with Gasteiger partial charge in [0.1, 0.15) is 12.2 Å². The first-order valence-corrected chi connectivity index (χ1v) is 4.67. The van der Waals surface area contributed by atoms with E-state index in [2.05, 4.69) is 21.3 Å². The van der Waals surface area contributed by atoms with Crippen LogP contribution < -0.4 is 5.73 Å². The monoisotopic (exact) mass is 178 g/mol. The van der Waals surface area contributed by atoms with Crippen LogP contribution in [-0.2, 0) is 0 Å². The molecule has 1 atom stereocenters. The molecule has 1 unspecified atom stereocenters. The summed E-state index contributed by atoms with van der Waals surface area (Å²) in [5.74, 6) is 0.771. The summed E-state index contributed by atoms with van der Waals surface area (Å²) < 4.78 is 0. The molecule has 0 bridgehead atoms. The number of rotatable bonds is 2. The molecule has 1 aromatic rings. The number of hydrogen-bond acceptors (Lipinski definition) is 3. The van der Waals surface area contributed by atoms with Crippen molar-refractivity contribution in [1.82, 2.24) is 15.2 Å². The van der Waals surface area contributed by atoms with Crippen LogP contribution in [0.2, 0.25) is 0 Å². The van der Waals surface area contributed by atoms with E-state index in [1.807, 2.05) is 0 Å². The fraction of sp³-hybridized carbons (Fsp3) is 0.556. The Hall–Kier alpha value is -1.16. The van der Waals surface area contributed by atoms with Crippen LogP contribution in [0.3, 0.4) is 0 Å². The van der Waals surface area contributed by atoms with Crippen LogP contribution >= 0.6 is 0 Å². The Morgan fingerprint density at radius 2 is 2.38 bits per heavy atom. The third-order valence-corrected chi connectivity index (χ3v) is 2.45. The molecule has 1 aromatic heterocycles. The maximum absolute atomic E-state index is 6.01. The Balaban J connectivity index is 2.12. The maximum atomic E-state index is 6.01. The minimum atomic E-state index is -0.0807. The Morgan fingerprint density at radius 3 is 3.00 bits per heavy atom. The van der Waals surface area contributed by atoms with E-state index in [-0.39, 0.29) is 6.04 Å². The second-order valence-corrected chi connectivity index (χ2v) is 3.37. The first kappa shape index (κ1) is 8.44. The van der Waals surface area contributed by atoms with Gasteiger partial charge in [0, 0.05) is 0 Å². The van der Waals surface area contributed by atoms with E-state index in [1.54, 1.807) is 0 Å². The highest BCUT2D eigenvalue weighted by Crippen LogP contribution is 2.25. The Labute approximate surface area is 77.2 Å². The van der Waals surface area contributed by atoms with Crippen LogP contribution in [0, 0.1) is 0 Å². The first-order chi connectivity index (χ1) is 6.38. The smallest absolute Gasteiger partial charge is 0.145 e. The molecule has 0 amide bonds. The number of allylic oxidation sites excluding steroid dienone is 1. The van der Waals surface area contributed by atoms with E-state index < -0.39 is 0 Å². The fourth-order valence-corrected chi connectivity index (χ4v) is 1.69. The second kappa shape index (κ2) is 3.70. The van der Waals surface area contributed by atoms with E-state index in [1.165, 1.54) is 24.7 Å². The third kappa shape index (κ3) is 1.78. The minimum absolute atomic E-state index is 0.0807. The van der Waals surface area contributed by atoms with Gasteiger partial charge in [-0.05, 0) is 31.3 Å². The molecule has 4 heteroatoms. The number of hydrogen-bond donors (Lipinski definition) is 2. The van der Waals surface area contributed by atoms with Crippen LogP contribution in [0.4, 0.5) is 0 Å². The normalized spacial score (nSPS) is 19.6. The van der Waals surface area contributed by atoms with Gasteiger partial charge in [0.15, 0.2) is 0 Å². The summed E-state index contributed by atoms with van der Waals surface area (Å²) in [5, 5.41) is 6.60. The van der Waals surface area contributed by atoms with Gasteiger partial charge in [0.2, 0.25) is 0 Å². The standard InChI is InChI=1S/C9H14N4/c10-8(9-11-6-12-13-9)7-4-2-1-3-5-7/h4,6,8H,1-3,5,10H2,(H,11,12,13). The van der Waals surface area contributed by atoms with Gasteiger partial charge in [-0.2, -0.15) is 5.10 Å². The van der Waals surface area contributed by atoms with Gasteiger partial charge in [0.25, 0.3) is 0 Å². The molecule has 0 radical (unpaired) electrons. The summed E-state index contributed by atoms with van der Waals surface area (Å²) in [6.45, 7) is 0. The highest BCUT2D eigenvalue weighted by molar-refractivity contribution is 5.17. The van der Waals surface area contributed by atoms with Crippen molar-refractivity contribution in [2.75, 3.05) is 0 Å². The lowest BCUT2D eigenvalue weighted by molar-refractivity contribution is 0.633. The molecule has 0 aliphatic heterocycles. The fourth-order valence-electron chi connectivity index (χ4n) is 1.69. The lowest BCUT2D eigenvalue weighted by atomic mass is 9.94. The van der Waals surface area contributed by atoms with Crippen molar-refractivity contribution in [2.45, 2.75) is 31.7 Å². The van der Waals surface area contributed by atoms with Crippen molar-refractivity contribution in [3.8, 4) is 0 Å². The molecule has 1 heterocycles. The zero-order chi connectivity index (χ0) is 9.10. The molecule has 0 aromatic carbocycles. The van der Waals surface area contributed by atoms with Crippen molar-refractivity contribution in [1.29, 1.82) is 0 Å². The summed E-state index contributed by atoms with van der Waals surface area (Å²) in [5.41, 5.74) is 7.31. The van der Waals surface area contributed by atoms with Gasteiger partial charge in [-0.1, -0.05) is 6.08 Å². The summed E-state index contributed by atoms with van der Waals surface area (Å²) in [7, 11) is 0. The number of nitrogens with two attached hydrogens (primary N) is 1. The third-order valence-electron chi connectivity index (χ3n) is 2.45. The molecule has 1 aliphatic rings. The Bertz CT molecular complexity index is 289. The molecule has 1 aliphatic carbocycles. The summed E-state index contributed by atoms with van der Waals surface area (Å²) in [6.07, 6.45) is 8.51. The van der Waals surface area contributed by atoms with Gasteiger partial charge in [-0.3, -0.25) is 5.10 Å². The average Bonchev–Trinajstić information content (AvgIpc) is 2.71. The number of aromatic nitrogens is 3. The molecule has 13 heavy (non-hydrogen) atoms. The topological polar surface area (TPSA) is 67.6 Å². The summed E-state index contributed by atoms with van der Waals surface area (Å²) >= 11 is 0. The Morgan fingerprint density at radius 1 is 1.46 bits per heavy atom. The molecular formula is C9H14N4. The molecule has 3 N–H and O–H groups in total. The van der Waals surface area contributed by atoms with Gasteiger partial charge < -0.3 is 5.73 Å². The molecule has 70 valence electrons. The van der Waals surface area contributed by atoms with Crippen molar-refractivity contribution in [2.24, 2.45) is 5.73 Å². The van der Waals surface area contributed by atoms with E-state index >= 15 is 0 Å². The second-order valence-electron chi connectivity index (χ2n) is 3.37. The first-order valence-electron chi connectivity index (χ1n) is 4.67. The Kier molecular flexibility index (Phi) is 2.40. The molecule has 4 nitrogen and oxygen atoms in total. The number of nitrogens with zero attached hydrogens (tertiary/aromatic N) is 2. The van der Waals surface area contributed by atoms with E-state index in [0.717, 1.165) is 18.7 Å². The van der Waals surface area contributed by atoms with Crippen molar-refractivity contribution >= 4 is 0 Å². The van der Waals surface area contributed by atoms with Crippen LogP contribution in [0.1, 0.15) is 37.5 Å². The maximum Gasteiger partial charge on any atom is 0.145 e. The average molecular weight is 178 g/mol. The van der Waals surface area contributed by atoms with E-state index in [0.29, 0.717) is 0 Å².